The summed E-state index contributed by atoms with van der Waals surface area (Å²) in [5.41, 5.74) is 1.10. The van der Waals surface area contributed by atoms with Crippen LogP contribution in [0.25, 0.3) is 0 Å². The quantitative estimate of drug-likeness (QED) is 0.787. The molecule has 1 amide bonds. The number of hydrogen-bond acceptors (Lipinski definition) is 5. The van der Waals surface area contributed by atoms with E-state index < -0.39 is 0 Å². The minimum atomic E-state index is -0.225. The van der Waals surface area contributed by atoms with E-state index in [1.807, 2.05) is 12.1 Å². The molecular weight excluding hydrogens is 346 g/mol. The van der Waals surface area contributed by atoms with Gasteiger partial charge in [-0.15, -0.1) is 0 Å². The average Bonchev–Trinajstić information content (AvgIpc) is 3.20. The van der Waals surface area contributed by atoms with Gasteiger partial charge in [0.25, 0.3) is 5.91 Å². The molecule has 27 heavy (non-hydrogen) atoms. The van der Waals surface area contributed by atoms with Gasteiger partial charge in [0.1, 0.15) is 5.75 Å². The van der Waals surface area contributed by atoms with E-state index >= 15 is 0 Å². The molecule has 1 N–H and O–H groups in total. The Morgan fingerprint density at radius 2 is 1.52 bits per heavy atom. The fourth-order valence-electron chi connectivity index (χ4n) is 3.24. The molecule has 0 aromatic heterocycles. The molecule has 0 aliphatic heterocycles. The van der Waals surface area contributed by atoms with Crippen LogP contribution >= 0.6 is 0 Å². The van der Waals surface area contributed by atoms with E-state index in [1.54, 1.807) is 24.3 Å². The van der Waals surface area contributed by atoms with Gasteiger partial charge in [0.05, 0.1) is 27.4 Å². The zero-order valence-electron chi connectivity index (χ0n) is 15.9. The second-order valence-electron chi connectivity index (χ2n) is 6.42. The summed E-state index contributed by atoms with van der Waals surface area (Å²) >= 11 is 0. The topological polar surface area (TPSA) is 66.0 Å². The highest BCUT2D eigenvalue weighted by atomic mass is 16.5. The second kappa shape index (κ2) is 8.66. The number of rotatable bonds is 7. The zero-order valence-corrected chi connectivity index (χ0v) is 15.9. The highest BCUT2D eigenvalue weighted by molar-refractivity contribution is 6.04. The highest BCUT2D eigenvalue weighted by Gasteiger charge is 2.17. The first kappa shape index (κ1) is 18.9. The van der Waals surface area contributed by atoms with Crippen molar-refractivity contribution in [3.8, 4) is 23.0 Å². The molecule has 1 aliphatic carbocycles. The van der Waals surface area contributed by atoms with Gasteiger partial charge in [-0.3, -0.25) is 4.79 Å². The van der Waals surface area contributed by atoms with Gasteiger partial charge in [-0.1, -0.05) is 0 Å². The number of hydrogen-bond donors (Lipinski definition) is 1. The SMILES string of the molecule is COc1cc(NC(=O)c2ccc(OC3CCCC3)cc2)cc(OC)c1OC. The normalized spacial score (nSPS) is 13.9. The summed E-state index contributed by atoms with van der Waals surface area (Å²) in [7, 11) is 4.60. The van der Waals surface area contributed by atoms with E-state index in [0.29, 0.717) is 34.6 Å². The van der Waals surface area contributed by atoms with Gasteiger partial charge in [0, 0.05) is 23.4 Å². The van der Waals surface area contributed by atoms with Crippen molar-refractivity contribution < 1.29 is 23.7 Å². The molecule has 0 radical (unpaired) electrons. The summed E-state index contributed by atoms with van der Waals surface area (Å²) in [6.45, 7) is 0. The largest absolute Gasteiger partial charge is 0.493 e. The van der Waals surface area contributed by atoms with Crippen LogP contribution in [0.3, 0.4) is 0 Å². The van der Waals surface area contributed by atoms with Crippen LogP contribution in [0.5, 0.6) is 23.0 Å². The maximum absolute atomic E-state index is 12.6. The molecule has 2 aromatic carbocycles. The lowest BCUT2D eigenvalue weighted by molar-refractivity contribution is 0.102. The van der Waals surface area contributed by atoms with Crippen LogP contribution in [0.1, 0.15) is 36.0 Å². The Morgan fingerprint density at radius 1 is 0.926 bits per heavy atom. The molecule has 1 aliphatic rings. The van der Waals surface area contributed by atoms with Crippen LogP contribution < -0.4 is 24.3 Å². The number of ether oxygens (including phenoxy) is 4. The van der Waals surface area contributed by atoms with Crippen LogP contribution in [0.15, 0.2) is 36.4 Å². The van der Waals surface area contributed by atoms with Crippen LogP contribution in [0, 0.1) is 0 Å². The van der Waals surface area contributed by atoms with Crippen LogP contribution in [-0.2, 0) is 0 Å². The fourth-order valence-corrected chi connectivity index (χ4v) is 3.24. The maximum Gasteiger partial charge on any atom is 0.255 e. The number of anilines is 1. The first-order valence-corrected chi connectivity index (χ1v) is 9.02. The number of carbonyl (C=O) groups excluding carboxylic acids is 1. The van der Waals surface area contributed by atoms with Crippen LogP contribution in [0.4, 0.5) is 5.69 Å². The molecule has 6 heteroatoms. The minimum absolute atomic E-state index is 0.225. The van der Waals surface area contributed by atoms with Gasteiger partial charge in [-0.05, 0) is 49.9 Å². The molecule has 6 nitrogen and oxygen atoms in total. The molecule has 0 saturated heterocycles. The van der Waals surface area contributed by atoms with Crippen molar-refractivity contribution in [1.29, 1.82) is 0 Å². The van der Waals surface area contributed by atoms with Gasteiger partial charge in [0.15, 0.2) is 11.5 Å². The Balaban J connectivity index is 1.71. The summed E-state index contributed by atoms with van der Waals surface area (Å²) in [5.74, 6) is 2.01. The summed E-state index contributed by atoms with van der Waals surface area (Å²) in [6.07, 6.45) is 4.94. The smallest absolute Gasteiger partial charge is 0.255 e. The van der Waals surface area contributed by atoms with E-state index in [-0.39, 0.29) is 5.91 Å². The summed E-state index contributed by atoms with van der Waals surface area (Å²) in [6, 6.07) is 10.6. The van der Waals surface area contributed by atoms with Crippen molar-refractivity contribution in [2.45, 2.75) is 31.8 Å². The van der Waals surface area contributed by atoms with Crippen molar-refractivity contribution in [3.05, 3.63) is 42.0 Å². The number of methoxy groups -OCH3 is 3. The standard InChI is InChI=1S/C21H25NO5/c1-24-18-12-15(13-19(25-2)20(18)26-3)22-21(23)14-8-10-17(11-9-14)27-16-6-4-5-7-16/h8-13,16H,4-7H2,1-3H3,(H,22,23). The van der Waals surface area contributed by atoms with E-state index in [9.17, 15) is 4.79 Å². The molecule has 0 spiro atoms. The summed E-state index contributed by atoms with van der Waals surface area (Å²) < 4.78 is 21.9. The Bertz CT molecular complexity index is 757. The monoisotopic (exact) mass is 371 g/mol. The van der Waals surface area contributed by atoms with E-state index in [1.165, 1.54) is 34.2 Å². The van der Waals surface area contributed by atoms with Crippen molar-refractivity contribution in [1.82, 2.24) is 0 Å². The fraction of sp³-hybridized carbons (Fsp3) is 0.381. The summed E-state index contributed by atoms with van der Waals surface area (Å²) in [5, 5.41) is 2.86. The molecule has 0 atom stereocenters. The molecule has 0 bridgehead atoms. The van der Waals surface area contributed by atoms with E-state index in [0.717, 1.165) is 18.6 Å². The molecule has 2 aromatic rings. The van der Waals surface area contributed by atoms with Crippen molar-refractivity contribution >= 4 is 11.6 Å². The third-order valence-corrected chi connectivity index (χ3v) is 4.64. The van der Waals surface area contributed by atoms with E-state index in [4.69, 9.17) is 18.9 Å². The predicted octanol–water partition coefficient (Wildman–Crippen LogP) is 4.29. The number of benzene rings is 2. The first-order valence-electron chi connectivity index (χ1n) is 9.02. The highest BCUT2D eigenvalue weighted by Crippen LogP contribution is 2.40. The van der Waals surface area contributed by atoms with Gasteiger partial charge in [-0.2, -0.15) is 0 Å². The lowest BCUT2D eigenvalue weighted by Gasteiger charge is -2.15. The van der Waals surface area contributed by atoms with Crippen molar-refractivity contribution in [2.24, 2.45) is 0 Å². The van der Waals surface area contributed by atoms with Crippen LogP contribution in [-0.4, -0.2) is 33.3 Å². The number of amides is 1. The third kappa shape index (κ3) is 4.45. The molecule has 1 fully saturated rings. The molecule has 0 unspecified atom stereocenters. The zero-order chi connectivity index (χ0) is 19.2. The van der Waals surface area contributed by atoms with Gasteiger partial charge in [-0.25, -0.2) is 0 Å². The molecular formula is C21H25NO5. The number of carbonyl (C=O) groups is 1. The first-order chi connectivity index (χ1) is 13.1. The maximum atomic E-state index is 12.6. The molecule has 144 valence electrons. The van der Waals surface area contributed by atoms with E-state index in [2.05, 4.69) is 5.32 Å². The molecule has 1 saturated carbocycles. The number of nitrogens with one attached hydrogen (secondary N) is 1. The van der Waals surface area contributed by atoms with Gasteiger partial charge < -0.3 is 24.3 Å². The van der Waals surface area contributed by atoms with Gasteiger partial charge >= 0.3 is 0 Å². The average molecular weight is 371 g/mol. The Hall–Kier alpha value is -2.89. The van der Waals surface area contributed by atoms with Crippen LogP contribution in [0.2, 0.25) is 0 Å². The second-order valence-corrected chi connectivity index (χ2v) is 6.42. The van der Waals surface area contributed by atoms with Crippen molar-refractivity contribution in [2.75, 3.05) is 26.6 Å². The predicted molar refractivity (Wildman–Crippen MR) is 103 cm³/mol. The molecule has 3 rings (SSSR count). The Kier molecular flexibility index (Phi) is 6.06. The minimum Gasteiger partial charge on any atom is -0.493 e. The molecule has 0 heterocycles. The van der Waals surface area contributed by atoms with Crippen molar-refractivity contribution in [3.63, 3.8) is 0 Å². The Labute approximate surface area is 159 Å². The lowest BCUT2D eigenvalue weighted by Crippen LogP contribution is -2.13. The van der Waals surface area contributed by atoms with Gasteiger partial charge in [0.2, 0.25) is 5.75 Å². The lowest BCUT2D eigenvalue weighted by atomic mass is 10.2. The third-order valence-electron chi connectivity index (χ3n) is 4.64. The summed E-state index contributed by atoms with van der Waals surface area (Å²) in [4.78, 5) is 12.6. The Morgan fingerprint density at radius 3 is 2.04 bits per heavy atom.